The Balaban J connectivity index is 1.37. The molecule has 0 aliphatic carbocycles. The van der Waals surface area contributed by atoms with Crippen LogP contribution in [0.15, 0.2) is 138 Å². The number of para-hydroxylation sites is 2. The topological polar surface area (TPSA) is 38.9 Å². The summed E-state index contributed by atoms with van der Waals surface area (Å²) in [5.74, 6) is 0. The highest BCUT2D eigenvalue weighted by Crippen LogP contribution is 2.40. The molecule has 6 aromatic carbocycles. The SMILES string of the molecule is c1ccc(-c2nc3ccc(-c4nc5ccccc5c5cc6oc7ccccc7c6cc45)cc3c3ccccc23)cc1. The van der Waals surface area contributed by atoms with Crippen LogP contribution in [-0.4, -0.2) is 9.97 Å². The third-order valence-corrected chi connectivity index (χ3v) is 8.22. The predicted molar refractivity (Wildman–Crippen MR) is 170 cm³/mol. The highest BCUT2D eigenvalue weighted by molar-refractivity contribution is 6.19. The summed E-state index contributed by atoms with van der Waals surface area (Å²) in [6, 6.07) is 46.6. The first-order valence-electron chi connectivity index (χ1n) is 13.8. The molecule has 0 atom stereocenters. The molecule has 9 rings (SSSR count). The van der Waals surface area contributed by atoms with E-state index in [1.54, 1.807) is 0 Å². The molecule has 41 heavy (non-hydrogen) atoms. The second kappa shape index (κ2) is 8.48. The summed E-state index contributed by atoms with van der Waals surface area (Å²) in [4.78, 5) is 10.4. The van der Waals surface area contributed by atoms with Crippen molar-refractivity contribution >= 4 is 65.3 Å². The molecule has 0 amide bonds. The maximum absolute atomic E-state index is 6.28. The molecule has 0 spiro atoms. The smallest absolute Gasteiger partial charge is 0.136 e. The summed E-state index contributed by atoms with van der Waals surface area (Å²) in [7, 11) is 0. The third kappa shape index (κ3) is 3.33. The summed E-state index contributed by atoms with van der Waals surface area (Å²) < 4.78 is 6.28. The number of benzene rings is 6. The van der Waals surface area contributed by atoms with Gasteiger partial charge in [-0.05, 0) is 47.2 Å². The van der Waals surface area contributed by atoms with E-state index in [0.29, 0.717) is 0 Å². The lowest BCUT2D eigenvalue weighted by molar-refractivity contribution is 0.669. The molecule has 0 N–H and O–H groups in total. The molecular formula is C38H22N2O. The molecule has 0 radical (unpaired) electrons. The van der Waals surface area contributed by atoms with Crippen molar-refractivity contribution in [3.8, 4) is 22.5 Å². The van der Waals surface area contributed by atoms with Gasteiger partial charge in [-0.15, -0.1) is 0 Å². The van der Waals surface area contributed by atoms with Gasteiger partial charge in [0.2, 0.25) is 0 Å². The Labute approximate surface area is 235 Å². The molecule has 0 unspecified atom stereocenters. The molecule has 3 nitrogen and oxygen atoms in total. The Kier molecular flexibility index (Phi) is 4.61. The Bertz CT molecular complexity index is 2470. The van der Waals surface area contributed by atoms with Gasteiger partial charge in [-0.3, -0.25) is 0 Å². The lowest BCUT2D eigenvalue weighted by Gasteiger charge is -2.13. The summed E-state index contributed by atoms with van der Waals surface area (Å²) in [5.41, 5.74) is 7.88. The van der Waals surface area contributed by atoms with Gasteiger partial charge in [0.1, 0.15) is 11.2 Å². The maximum Gasteiger partial charge on any atom is 0.136 e. The minimum atomic E-state index is 0.892. The average molecular weight is 523 g/mol. The Morgan fingerprint density at radius 2 is 1.00 bits per heavy atom. The van der Waals surface area contributed by atoms with Crippen LogP contribution < -0.4 is 0 Å². The van der Waals surface area contributed by atoms with E-state index in [9.17, 15) is 0 Å². The number of fused-ring (bicyclic) bond motifs is 9. The first-order valence-corrected chi connectivity index (χ1v) is 13.8. The highest BCUT2D eigenvalue weighted by Gasteiger charge is 2.17. The fourth-order valence-electron chi connectivity index (χ4n) is 6.31. The predicted octanol–water partition coefficient (Wildman–Crippen LogP) is 10.3. The molecule has 0 fully saturated rings. The maximum atomic E-state index is 6.28. The van der Waals surface area contributed by atoms with E-state index >= 15 is 0 Å². The van der Waals surface area contributed by atoms with Gasteiger partial charge in [-0.25, -0.2) is 9.97 Å². The standard InChI is InChI=1S/C38H22N2O/c1-2-10-23(11-3-1)37-28-15-5-4-12-25(28)30-20-24(18-19-34(30)40-37)38-32-21-31-27-14-7-9-17-35(27)41-36(31)22-29(32)26-13-6-8-16-33(26)39-38/h1-22H. The molecule has 0 aliphatic heterocycles. The van der Waals surface area contributed by atoms with Gasteiger partial charge in [0.15, 0.2) is 0 Å². The van der Waals surface area contributed by atoms with Crippen LogP contribution >= 0.6 is 0 Å². The molecule has 3 aromatic heterocycles. The largest absolute Gasteiger partial charge is 0.456 e. The van der Waals surface area contributed by atoms with Crippen molar-refractivity contribution in [2.75, 3.05) is 0 Å². The van der Waals surface area contributed by atoms with Crippen LogP contribution in [0.3, 0.4) is 0 Å². The highest BCUT2D eigenvalue weighted by atomic mass is 16.3. The summed E-state index contributed by atoms with van der Waals surface area (Å²) in [6.07, 6.45) is 0. The van der Waals surface area contributed by atoms with Gasteiger partial charge >= 0.3 is 0 Å². The number of furan rings is 1. The van der Waals surface area contributed by atoms with Gasteiger partial charge in [0, 0.05) is 43.4 Å². The number of aromatic nitrogens is 2. The number of hydrogen-bond acceptors (Lipinski definition) is 3. The second-order valence-corrected chi connectivity index (χ2v) is 10.6. The van der Waals surface area contributed by atoms with E-state index in [2.05, 4.69) is 109 Å². The number of rotatable bonds is 2. The zero-order valence-corrected chi connectivity index (χ0v) is 22.0. The van der Waals surface area contributed by atoms with Crippen LogP contribution in [-0.2, 0) is 0 Å². The quantitative estimate of drug-likeness (QED) is 0.212. The van der Waals surface area contributed by atoms with Crippen LogP contribution in [0.1, 0.15) is 0 Å². The van der Waals surface area contributed by atoms with E-state index in [-0.39, 0.29) is 0 Å². The third-order valence-electron chi connectivity index (χ3n) is 8.22. The molecule has 3 heteroatoms. The average Bonchev–Trinajstić information content (AvgIpc) is 3.41. The molecule has 3 heterocycles. The molecule has 9 aromatic rings. The Morgan fingerprint density at radius 1 is 0.341 bits per heavy atom. The first kappa shape index (κ1) is 22.3. The van der Waals surface area contributed by atoms with Gasteiger partial charge in [-0.2, -0.15) is 0 Å². The lowest BCUT2D eigenvalue weighted by Crippen LogP contribution is -1.92. The number of nitrogens with zero attached hydrogens (tertiary/aromatic N) is 2. The lowest BCUT2D eigenvalue weighted by atomic mass is 9.95. The van der Waals surface area contributed by atoms with Crippen molar-refractivity contribution in [2.45, 2.75) is 0 Å². The van der Waals surface area contributed by atoms with E-state index in [1.165, 1.54) is 5.39 Å². The van der Waals surface area contributed by atoms with Crippen molar-refractivity contribution in [3.05, 3.63) is 133 Å². The molecule has 0 saturated carbocycles. The van der Waals surface area contributed by atoms with Crippen LogP contribution in [0.25, 0.3) is 87.8 Å². The van der Waals surface area contributed by atoms with Crippen LogP contribution in [0.2, 0.25) is 0 Å². The summed E-state index contributed by atoms with van der Waals surface area (Å²) in [5, 5.41) is 9.04. The minimum Gasteiger partial charge on any atom is -0.456 e. The fraction of sp³-hybridized carbons (Fsp3) is 0. The first-order chi connectivity index (χ1) is 20.3. The number of pyridine rings is 2. The van der Waals surface area contributed by atoms with Gasteiger partial charge < -0.3 is 4.42 Å². The monoisotopic (exact) mass is 522 g/mol. The molecule has 0 saturated heterocycles. The second-order valence-electron chi connectivity index (χ2n) is 10.6. The zero-order chi connectivity index (χ0) is 26.9. The normalized spacial score (nSPS) is 11.9. The van der Waals surface area contributed by atoms with Crippen molar-refractivity contribution in [3.63, 3.8) is 0 Å². The van der Waals surface area contributed by atoms with E-state index in [0.717, 1.165) is 82.4 Å². The van der Waals surface area contributed by atoms with Crippen LogP contribution in [0, 0.1) is 0 Å². The molecule has 0 aliphatic rings. The molecule has 190 valence electrons. The van der Waals surface area contributed by atoms with Crippen molar-refractivity contribution in [2.24, 2.45) is 0 Å². The van der Waals surface area contributed by atoms with Crippen molar-refractivity contribution in [1.29, 1.82) is 0 Å². The summed E-state index contributed by atoms with van der Waals surface area (Å²) in [6.45, 7) is 0. The van der Waals surface area contributed by atoms with Crippen molar-refractivity contribution < 1.29 is 4.42 Å². The van der Waals surface area contributed by atoms with E-state index in [1.807, 2.05) is 24.3 Å². The number of hydrogen-bond donors (Lipinski definition) is 0. The fourth-order valence-corrected chi connectivity index (χ4v) is 6.31. The molecule has 0 bridgehead atoms. The van der Waals surface area contributed by atoms with Gasteiger partial charge in [0.05, 0.1) is 22.4 Å². The van der Waals surface area contributed by atoms with Crippen LogP contribution in [0.4, 0.5) is 0 Å². The van der Waals surface area contributed by atoms with Crippen molar-refractivity contribution in [1.82, 2.24) is 9.97 Å². The minimum absolute atomic E-state index is 0.892. The molecular weight excluding hydrogens is 500 g/mol. The Morgan fingerprint density at radius 3 is 1.85 bits per heavy atom. The Hall–Kier alpha value is -5.54. The van der Waals surface area contributed by atoms with E-state index in [4.69, 9.17) is 14.4 Å². The van der Waals surface area contributed by atoms with Crippen LogP contribution in [0.5, 0.6) is 0 Å². The van der Waals surface area contributed by atoms with Gasteiger partial charge in [-0.1, -0.05) is 97.1 Å². The van der Waals surface area contributed by atoms with Gasteiger partial charge in [0.25, 0.3) is 0 Å². The van der Waals surface area contributed by atoms with E-state index < -0.39 is 0 Å². The summed E-state index contributed by atoms with van der Waals surface area (Å²) >= 11 is 0. The zero-order valence-electron chi connectivity index (χ0n) is 22.0.